The third kappa shape index (κ3) is 1.07. The first-order valence-corrected chi connectivity index (χ1v) is 7.28. The van der Waals surface area contributed by atoms with Crippen LogP contribution in [0.1, 0.15) is 17.5 Å². The molecule has 4 heteroatoms. The zero-order valence-electron chi connectivity index (χ0n) is 11.6. The maximum Gasteiger partial charge on any atom is 0.196 e. The second-order valence-electron chi connectivity index (χ2n) is 6.41. The van der Waals surface area contributed by atoms with Crippen molar-refractivity contribution in [1.29, 1.82) is 0 Å². The summed E-state index contributed by atoms with van der Waals surface area (Å²) in [4.78, 5) is 24.8. The number of ether oxygens (including phenoxy) is 2. The van der Waals surface area contributed by atoms with Crippen molar-refractivity contribution in [2.75, 3.05) is 7.11 Å². The lowest BCUT2D eigenvalue weighted by molar-refractivity contribution is -0.124. The fourth-order valence-corrected chi connectivity index (χ4v) is 4.92. The molecule has 0 saturated heterocycles. The first-order chi connectivity index (χ1) is 10.2. The first-order valence-electron chi connectivity index (χ1n) is 7.28. The van der Waals surface area contributed by atoms with Crippen LogP contribution in [-0.2, 0) is 21.4 Å². The highest BCUT2D eigenvalue weighted by Gasteiger charge is 2.68. The Hall–Kier alpha value is -2.10. The van der Waals surface area contributed by atoms with E-state index in [2.05, 4.69) is 0 Å². The molecule has 21 heavy (non-hydrogen) atoms. The summed E-state index contributed by atoms with van der Waals surface area (Å²) >= 11 is 0. The molecule has 4 aliphatic rings. The van der Waals surface area contributed by atoms with Crippen LogP contribution in [0.2, 0.25) is 0 Å². The van der Waals surface area contributed by atoms with Crippen molar-refractivity contribution in [2.45, 2.75) is 24.4 Å². The number of hydrogen-bond acceptors (Lipinski definition) is 4. The van der Waals surface area contributed by atoms with Gasteiger partial charge in [0.15, 0.2) is 23.4 Å². The van der Waals surface area contributed by atoms with E-state index in [1.54, 1.807) is 13.2 Å². The topological polar surface area (TPSA) is 52.6 Å². The number of allylic oxidation sites excluding steroid dienone is 1. The average Bonchev–Trinajstić information content (AvgIpc) is 2.92. The van der Waals surface area contributed by atoms with Gasteiger partial charge in [-0.1, -0.05) is 12.1 Å². The third-order valence-electron chi connectivity index (χ3n) is 5.67. The molecule has 1 aromatic rings. The number of hydrogen-bond donors (Lipinski definition) is 0. The van der Waals surface area contributed by atoms with Crippen LogP contribution in [0, 0.1) is 11.8 Å². The Morgan fingerprint density at radius 2 is 2.19 bits per heavy atom. The van der Waals surface area contributed by atoms with Gasteiger partial charge in [0.2, 0.25) is 0 Å². The van der Waals surface area contributed by atoms with Gasteiger partial charge < -0.3 is 9.47 Å². The molecule has 1 fully saturated rings. The van der Waals surface area contributed by atoms with Crippen molar-refractivity contribution in [1.82, 2.24) is 0 Å². The van der Waals surface area contributed by atoms with E-state index in [1.807, 2.05) is 18.2 Å². The van der Waals surface area contributed by atoms with Gasteiger partial charge >= 0.3 is 0 Å². The molecule has 0 unspecified atom stereocenters. The highest BCUT2D eigenvalue weighted by Crippen LogP contribution is 2.64. The molecule has 0 aromatic heterocycles. The Morgan fingerprint density at radius 1 is 1.33 bits per heavy atom. The Balaban J connectivity index is 1.88. The van der Waals surface area contributed by atoms with Gasteiger partial charge in [-0.25, -0.2) is 0 Å². The smallest absolute Gasteiger partial charge is 0.196 e. The average molecular weight is 282 g/mol. The van der Waals surface area contributed by atoms with Gasteiger partial charge in [-0.3, -0.25) is 9.59 Å². The Bertz CT molecular complexity index is 747. The standard InChI is InChI=1S/C17H14O4/c1-20-13-5-2-8-6-9-10-3-4-11(18)16-17(10,7-12(9)19)14(8)15(13)21-16/h2-5,9-10,16H,6-7H2,1H3/t9-,10+,16+,17+/m0/s1. The monoisotopic (exact) mass is 282 g/mol. The molecule has 5 rings (SSSR count). The van der Waals surface area contributed by atoms with Crippen LogP contribution in [0.4, 0.5) is 0 Å². The summed E-state index contributed by atoms with van der Waals surface area (Å²) in [6.45, 7) is 0. The number of rotatable bonds is 1. The number of Topliss-reactive ketones (excluding diaryl/α,β-unsaturated/α-hetero) is 1. The molecule has 106 valence electrons. The minimum absolute atomic E-state index is 0.00713. The molecule has 4 nitrogen and oxygen atoms in total. The number of carbonyl (C=O) groups excluding carboxylic acids is 2. The van der Waals surface area contributed by atoms with Gasteiger partial charge in [0.25, 0.3) is 0 Å². The third-order valence-corrected chi connectivity index (χ3v) is 5.67. The molecule has 1 heterocycles. The number of carbonyl (C=O) groups is 2. The second kappa shape index (κ2) is 3.38. The minimum Gasteiger partial charge on any atom is -0.493 e. The lowest BCUT2D eigenvalue weighted by Crippen LogP contribution is -2.50. The molecule has 0 radical (unpaired) electrons. The number of benzene rings is 1. The predicted octanol–water partition coefficient (Wildman–Crippen LogP) is 1.59. The zero-order valence-corrected chi connectivity index (χ0v) is 11.6. The van der Waals surface area contributed by atoms with Gasteiger partial charge in [0, 0.05) is 23.8 Å². The summed E-state index contributed by atoms with van der Waals surface area (Å²) in [7, 11) is 1.60. The molecular weight excluding hydrogens is 268 g/mol. The molecule has 1 aliphatic heterocycles. The molecule has 1 aromatic carbocycles. The van der Waals surface area contributed by atoms with Gasteiger partial charge in [0.05, 0.1) is 12.5 Å². The van der Waals surface area contributed by atoms with Crippen LogP contribution < -0.4 is 9.47 Å². The van der Waals surface area contributed by atoms with E-state index in [0.717, 1.165) is 17.5 Å². The Kier molecular flexibility index (Phi) is 1.86. The van der Waals surface area contributed by atoms with E-state index in [-0.39, 0.29) is 23.4 Å². The van der Waals surface area contributed by atoms with Crippen molar-refractivity contribution in [2.24, 2.45) is 11.8 Å². The lowest BCUT2D eigenvalue weighted by Gasteiger charge is -2.40. The quantitative estimate of drug-likeness (QED) is 0.785. The largest absolute Gasteiger partial charge is 0.493 e. The van der Waals surface area contributed by atoms with Gasteiger partial charge in [0.1, 0.15) is 5.78 Å². The SMILES string of the molecule is COc1ccc2c3c1O[C@@H]1C(=O)C=C[C@@H]4[C@H](C2)C(=O)C[C@@]314. The number of ketones is 2. The summed E-state index contributed by atoms with van der Waals surface area (Å²) in [6, 6.07) is 3.90. The van der Waals surface area contributed by atoms with Crippen LogP contribution in [0.3, 0.4) is 0 Å². The Labute approximate surface area is 121 Å². The van der Waals surface area contributed by atoms with Crippen LogP contribution in [-0.4, -0.2) is 24.8 Å². The normalized spacial score (nSPS) is 37.5. The van der Waals surface area contributed by atoms with E-state index < -0.39 is 11.5 Å². The molecule has 1 spiro atoms. The Morgan fingerprint density at radius 3 is 3.00 bits per heavy atom. The van der Waals surface area contributed by atoms with Crippen LogP contribution in [0.15, 0.2) is 24.3 Å². The minimum atomic E-state index is -0.563. The van der Waals surface area contributed by atoms with Crippen LogP contribution in [0.5, 0.6) is 11.5 Å². The van der Waals surface area contributed by atoms with Crippen LogP contribution in [0.25, 0.3) is 0 Å². The van der Waals surface area contributed by atoms with Gasteiger partial charge in [-0.15, -0.1) is 0 Å². The fraction of sp³-hybridized carbons (Fsp3) is 0.412. The summed E-state index contributed by atoms with van der Waals surface area (Å²) in [5, 5.41) is 0. The van der Waals surface area contributed by atoms with Crippen molar-refractivity contribution in [3.05, 3.63) is 35.4 Å². The molecule has 3 aliphatic carbocycles. The molecule has 2 bridgehead atoms. The van der Waals surface area contributed by atoms with Crippen molar-refractivity contribution >= 4 is 11.6 Å². The first kappa shape index (κ1) is 11.5. The van der Waals surface area contributed by atoms with E-state index >= 15 is 0 Å². The zero-order chi connectivity index (χ0) is 14.4. The summed E-state index contributed by atoms with van der Waals surface area (Å²) < 4.78 is 11.4. The maximum absolute atomic E-state index is 12.5. The fourth-order valence-electron chi connectivity index (χ4n) is 4.92. The van der Waals surface area contributed by atoms with Crippen molar-refractivity contribution in [3.63, 3.8) is 0 Å². The molecule has 0 N–H and O–H groups in total. The van der Waals surface area contributed by atoms with Crippen LogP contribution >= 0.6 is 0 Å². The van der Waals surface area contributed by atoms with Gasteiger partial charge in [-0.05, 0) is 24.1 Å². The van der Waals surface area contributed by atoms with Gasteiger partial charge in [-0.2, -0.15) is 0 Å². The van der Waals surface area contributed by atoms with E-state index in [9.17, 15) is 9.59 Å². The molecule has 0 amide bonds. The van der Waals surface area contributed by atoms with Crippen molar-refractivity contribution < 1.29 is 19.1 Å². The maximum atomic E-state index is 12.5. The summed E-state index contributed by atoms with van der Waals surface area (Å²) in [5.74, 6) is 1.64. The molecule has 1 saturated carbocycles. The highest BCUT2D eigenvalue weighted by atomic mass is 16.5. The predicted molar refractivity (Wildman–Crippen MR) is 73.5 cm³/mol. The lowest BCUT2D eigenvalue weighted by atomic mass is 9.59. The number of methoxy groups -OCH3 is 1. The molecular formula is C17H14O4. The second-order valence-corrected chi connectivity index (χ2v) is 6.41. The van der Waals surface area contributed by atoms with Crippen molar-refractivity contribution in [3.8, 4) is 11.5 Å². The summed E-state index contributed by atoms with van der Waals surface area (Å²) in [6.07, 6.45) is 4.13. The molecule has 4 atom stereocenters. The summed E-state index contributed by atoms with van der Waals surface area (Å²) in [5.41, 5.74) is 1.71. The van der Waals surface area contributed by atoms with E-state index in [4.69, 9.17) is 9.47 Å². The van der Waals surface area contributed by atoms with E-state index in [0.29, 0.717) is 17.9 Å². The van der Waals surface area contributed by atoms with E-state index in [1.165, 1.54) is 0 Å². The highest BCUT2D eigenvalue weighted by molar-refractivity contribution is 6.02.